The van der Waals surface area contributed by atoms with Gasteiger partial charge in [0.1, 0.15) is 0 Å². The van der Waals surface area contributed by atoms with Gasteiger partial charge in [0.2, 0.25) is 9.84 Å². The molecule has 1 saturated carbocycles. The van der Waals surface area contributed by atoms with Crippen molar-refractivity contribution in [3.8, 4) is 0 Å². The summed E-state index contributed by atoms with van der Waals surface area (Å²) in [4.78, 5) is 0.603. The number of benzene rings is 2. The first-order valence-corrected chi connectivity index (χ1v) is 9.93. The van der Waals surface area contributed by atoms with Crippen LogP contribution in [0.15, 0.2) is 75.6 Å². The van der Waals surface area contributed by atoms with Gasteiger partial charge in [-0.2, -0.15) is 5.10 Å². The average Bonchev–Trinajstić information content (AvgIpc) is 2.97. The summed E-state index contributed by atoms with van der Waals surface area (Å²) in [7, 11) is -3.48. The molecular formula is C20H20N2O2S. The molecule has 0 amide bonds. The van der Waals surface area contributed by atoms with Gasteiger partial charge in [0.25, 0.3) is 0 Å². The fourth-order valence-electron chi connectivity index (χ4n) is 3.36. The Morgan fingerprint density at radius 3 is 2.28 bits per heavy atom. The molecule has 4 rings (SSSR count). The number of hydrogen-bond acceptors (Lipinski definition) is 4. The van der Waals surface area contributed by atoms with E-state index >= 15 is 0 Å². The lowest BCUT2D eigenvalue weighted by Gasteiger charge is -2.31. The van der Waals surface area contributed by atoms with Gasteiger partial charge in [0, 0.05) is 11.6 Å². The molecule has 1 fully saturated rings. The molecule has 0 bridgehead atoms. The Balaban J connectivity index is 1.48. The minimum atomic E-state index is -3.48. The molecule has 2 aromatic rings. The molecule has 0 radical (unpaired) electrons. The van der Waals surface area contributed by atoms with Crippen LogP contribution in [0.4, 0.5) is 5.69 Å². The molecule has 2 aliphatic rings. The zero-order valence-corrected chi connectivity index (χ0v) is 14.8. The number of allylic oxidation sites excluding steroid dienone is 2. The Morgan fingerprint density at radius 1 is 1.00 bits per heavy atom. The topological polar surface area (TPSA) is 58.5 Å². The number of hydrogen-bond donors (Lipinski definition) is 1. The Hall–Kier alpha value is -2.40. The van der Waals surface area contributed by atoms with E-state index in [4.69, 9.17) is 0 Å². The molecule has 0 aliphatic heterocycles. The SMILES string of the molecule is Cc1ccc(S(=O)(=O)c2ccc(N/N=C3/C[C@H]4C=CC[C@@H]34)cc2)cc1. The van der Waals surface area contributed by atoms with Crippen LogP contribution >= 0.6 is 0 Å². The number of rotatable bonds is 4. The van der Waals surface area contributed by atoms with Crippen LogP contribution in [0.3, 0.4) is 0 Å². The highest BCUT2D eigenvalue weighted by molar-refractivity contribution is 7.91. The van der Waals surface area contributed by atoms with E-state index in [1.54, 1.807) is 36.4 Å². The molecule has 2 atom stereocenters. The molecular weight excluding hydrogens is 332 g/mol. The van der Waals surface area contributed by atoms with Gasteiger partial charge in [0.15, 0.2) is 0 Å². The first-order valence-electron chi connectivity index (χ1n) is 8.45. The maximum atomic E-state index is 12.6. The van der Waals surface area contributed by atoms with Crippen LogP contribution < -0.4 is 5.43 Å². The van der Waals surface area contributed by atoms with Crippen LogP contribution in [0.5, 0.6) is 0 Å². The Bertz CT molecular complexity index is 942. The van der Waals surface area contributed by atoms with Crippen molar-refractivity contribution >= 4 is 21.2 Å². The minimum absolute atomic E-state index is 0.290. The van der Waals surface area contributed by atoms with Gasteiger partial charge < -0.3 is 0 Å². The molecule has 2 aromatic carbocycles. The first-order chi connectivity index (χ1) is 12.0. The summed E-state index contributed by atoms with van der Waals surface area (Å²) in [6.45, 7) is 1.93. The number of hydrazone groups is 1. The predicted octanol–water partition coefficient (Wildman–Crippen LogP) is 4.19. The van der Waals surface area contributed by atoms with Crippen LogP contribution in [0, 0.1) is 18.8 Å². The highest BCUT2D eigenvalue weighted by atomic mass is 32.2. The summed E-state index contributed by atoms with van der Waals surface area (Å²) in [6, 6.07) is 13.7. The Labute approximate surface area is 148 Å². The molecule has 0 spiro atoms. The summed E-state index contributed by atoms with van der Waals surface area (Å²) in [5.74, 6) is 1.23. The molecule has 0 saturated heterocycles. The molecule has 0 aromatic heterocycles. The van der Waals surface area contributed by atoms with Crippen molar-refractivity contribution in [2.24, 2.45) is 16.9 Å². The van der Waals surface area contributed by atoms with E-state index in [1.165, 1.54) is 5.71 Å². The van der Waals surface area contributed by atoms with Crippen LogP contribution in [-0.4, -0.2) is 14.1 Å². The van der Waals surface area contributed by atoms with Gasteiger partial charge in [-0.05, 0) is 62.1 Å². The van der Waals surface area contributed by atoms with Crippen molar-refractivity contribution < 1.29 is 8.42 Å². The second-order valence-electron chi connectivity index (χ2n) is 6.69. The fraction of sp³-hybridized carbons (Fsp3) is 0.250. The molecule has 0 heterocycles. The first kappa shape index (κ1) is 16.1. The number of anilines is 1. The standard InChI is InChI=1S/C20H20N2O2S/c1-14-5-9-17(10-6-14)25(23,24)18-11-7-16(8-12-18)21-22-20-13-15-3-2-4-19(15)20/h2-3,5-12,15,19,21H,4,13H2,1H3/b22-20-/t15-,19-/m1/s1. The maximum Gasteiger partial charge on any atom is 0.206 e. The molecule has 1 N–H and O–H groups in total. The third-order valence-corrected chi connectivity index (χ3v) is 6.77. The molecule has 128 valence electrons. The van der Waals surface area contributed by atoms with Gasteiger partial charge >= 0.3 is 0 Å². The molecule has 5 heteroatoms. The van der Waals surface area contributed by atoms with E-state index in [0.29, 0.717) is 21.6 Å². The van der Waals surface area contributed by atoms with E-state index in [1.807, 2.05) is 19.1 Å². The normalized spacial score (nSPS) is 23.3. The van der Waals surface area contributed by atoms with Gasteiger partial charge in [-0.3, -0.25) is 5.43 Å². The van der Waals surface area contributed by atoms with Crippen molar-refractivity contribution in [2.45, 2.75) is 29.6 Å². The minimum Gasteiger partial charge on any atom is -0.279 e. The summed E-state index contributed by atoms with van der Waals surface area (Å²) in [6.07, 6.45) is 6.60. The van der Waals surface area contributed by atoms with E-state index in [-0.39, 0.29) is 0 Å². The Kier molecular flexibility index (Phi) is 3.96. The number of nitrogens with zero attached hydrogens (tertiary/aromatic N) is 1. The van der Waals surface area contributed by atoms with E-state index in [0.717, 1.165) is 24.1 Å². The van der Waals surface area contributed by atoms with E-state index in [2.05, 4.69) is 22.7 Å². The van der Waals surface area contributed by atoms with Crippen LogP contribution in [0.2, 0.25) is 0 Å². The quantitative estimate of drug-likeness (QED) is 0.663. The summed E-state index contributed by atoms with van der Waals surface area (Å²) >= 11 is 0. The number of aryl methyl sites for hydroxylation is 1. The van der Waals surface area contributed by atoms with Gasteiger partial charge in [-0.1, -0.05) is 29.8 Å². The highest BCUT2D eigenvalue weighted by Crippen LogP contribution is 2.40. The van der Waals surface area contributed by atoms with Crippen LogP contribution in [0.1, 0.15) is 18.4 Å². The lowest BCUT2D eigenvalue weighted by molar-refractivity contribution is 0.466. The van der Waals surface area contributed by atoms with Crippen molar-refractivity contribution in [1.82, 2.24) is 0 Å². The van der Waals surface area contributed by atoms with Gasteiger partial charge in [-0.25, -0.2) is 8.42 Å². The molecule has 2 aliphatic carbocycles. The third kappa shape index (κ3) is 3.00. The Morgan fingerprint density at radius 2 is 1.64 bits per heavy atom. The fourth-order valence-corrected chi connectivity index (χ4v) is 4.62. The van der Waals surface area contributed by atoms with Crippen molar-refractivity contribution in [1.29, 1.82) is 0 Å². The average molecular weight is 352 g/mol. The monoisotopic (exact) mass is 352 g/mol. The van der Waals surface area contributed by atoms with Crippen molar-refractivity contribution in [2.75, 3.05) is 5.43 Å². The van der Waals surface area contributed by atoms with E-state index in [9.17, 15) is 8.42 Å². The third-order valence-electron chi connectivity index (χ3n) is 4.99. The lowest BCUT2D eigenvalue weighted by atomic mass is 9.74. The smallest absolute Gasteiger partial charge is 0.206 e. The van der Waals surface area contributed by atoms with Crippen molar-refractivity contribution in [3.05, 3.63) is 66.2 Å². The number of fused-ring (bicyclic) bond motifs is 1. The van der Waals surface area contributed by atoms with Gasteiger partial charge in [-0.15, -0.1) is 0 Å². The van der Waals surface area contributed by atoms with Crippen LogP contribution in [0.25, 0.3) is 0 Å². The molecule has 0 unspecified atom stereocenters. The lowest BCUT2D eigenvalue weighted by Crippen LogP contribution is -2.33. The number of nitrogens with one attached hydrogen (secondary N) is 1. The second kappa shape index (κ2) is 6.15. The highest BCUT2D eigenvalue weighted by Gasteiger charge is 2.37. The largest absolute Gasteiger partial charge is 0.279 e. The van der Waals surface area contributed by atoms with E-state index < -0.39 is 9.84 Å². The maximum absolute atomic E-state index is 12.6. The van der Waals surface area contributed by atoms with Crippen molar-refractivity contribution in [3.63, 3.8) is 0 Å². The second-order valence-corrected chi connectivity index (χ2v) is 8.64. The summed E-state index contributed by atoms with van der Waals surface area (Å²) in [5, 5.41) is 4.48. The molecule has 25 heavy (non-hydrogen) atoms. The van der Waals surface area contributed by atoms with Gasteiger partial charge in [0.05, 0.1) is 15.5 Å². The summed E-state index contributed by atoms with van der Waals surface area (Å²) < 4.78 is 25.3. The molecule has 4 nitrogen and oxygen atoms in total. The summed E-state index contributed by atoms with van der Waals surface area (Å²) in [5.41, 5.74) is 6.08. The van der Waals surface area contributed by atoms with Crippen LogP contribution in [-0.2, 0) is 9.84 Å². The predicted molar refractivity (Wildman–Crippen MR) is 99.5 cm³/mol. The zero-order chi connectivity index (χ0) is 17.4. The zero-order valence-electron chi connectivity index (χ0n) is 14.0. The number of sulfone groups is 1.